The van der Waals surface area contributed by atoms with E-state index >= 15 is 0 Å². The number of carbonyl (C=O) groups excluding carboxylic acids is 1. The lowest BCUT2D eigenvalue weighted by Gasteiger charge is -2.09. The fourth-order valence-electron chi connectivity index (χ4n) is 2.79. The summed E-state index contributed by atoms with van der Waals surface area (Å²) in [6.45, 7) is 0.417. The third-order valence-electron chi connectivity index (χ3n) is 4.29. The molecule has 0 fully saturated rings. The van der Waals surface area contributed by atoms with E-state index in [1.165, 1.54) is 6.21 Å². The minimum absolute atomic E-state index is 0.151. The molecule has 3 aromatic carbocycles. The lowest BCUT2D eigenvalue weighted by atomic mass is 10.00. The number of amides is 1. The summed E-state index contributed by atoms with van der Waals surface area (Å²) in [6, 6.07) is 20.5. The van der Waals surface area contributed by atoms with E-state index in [4.69, 9.17) is 15.9 Å². The summed E-state index contributed by atoms with van der Waals surface area (Å²) in [6.07, 6.45) is 1.23. The van der Waals surface area contributed by atoms with Crippen molar-refractivity contribution in [1.82, 2.24) is 5.32 Å². The van der Waals surface area contributed by atoms with Gasteiger partial charge in [0.25, 0.3) is 5.91 Å². The monoisotopic (exact) mass is 359 g/mol. The van der Waals surface area contributed by atoms with E-state index in [0.29, 0.717) is 23.4 Å². The standard InChI is InChI=1S/C22H21N3O2/c1-27-20-7-2-4-15(10-20)14-25-22(26)18-6-3-5-16(11-18)17-8-9-21(24)19(12-17)13-23/h2-13,23H,14,24H2,1H3,(H,25,26). The largest absolute Gasteiger partial charge is 0.497 e. The summed E-state index contributed by atoms with van der Waals surface area (Å²) in [4.78, 5) is 12.5. The first-order valence-corrected chi connectivity index (χ1v) is 8.52. The highest BCUT2D eigenvalue weighted by Crippen LogP contribution is 2.24. The number of anilines is 1. The Morgan fingerprint density at radius 1 is 1.07 bits per heavy atom. The van der Waals surface area contributed by atoms with Gasteiger partial charge < -0.3 is 21.2 Å². The molecule has 5 heteroatoms. The van der Waals surface area contributed by atoms with Crippen LogP contribution >= 0.6 is 0 Å². The summed E-state index contributed by atoms with van der Waals surface area (Å²) in [7, 11) is 1.62. The Morgan fingerprint density at radius 3 is 2.63 bits per heavy atom. The molecule has 27 heavy (non-hydrogen) atoms. The Bertz CT molecular complexity index is 983. The second-order valence-electron chi connectivity index (χ2n) is 6.10. The Morgan fingerprint density at radius 2 is 1.85 bits per heavy atom. The van der Waals surface area contributed by atoms with Gasteiger partial charge in [0.15, 0.2) is 0 Å². The van der Waals surface area contributed by atoms with E-state index in [0.717, 1.165) is 22.4 Å². The van der Waals surface area contributed by atoms with E-state index in [2.05, 4.69) is 5.32 Å². The van der Waals surface area contributed by atoms with Crippen molar-refractivity contribution < 1.29 is 9.53 Å². The SMILES string of the molecule is COc1cccc(CNC(=O)c2cccc(-c3ccc(N)c(C=N)c3)c2)c1. The number of methoxy groups -OCH3 is 1. The minimum Gasteiger partial charge on any atom is -0.497 e. The van der Waals surface area contributed by atoms with Crippen molar-refractivity contribution >= 4 is 17.8 Å². The number of nitrogens with two attached hydrogens (primary N) is 1. The topological polar surface area (TPSA) is 88.2 Å². The maximum absolute atomic E-state index is 12.5. The summed E-state index contributed by atoms with van der Waals surface area (Å²) < 4.78 is 5.20. The highest BCUT2D eigenvalue weighted by molar-refractivity contribution is 5.95. The number of hydrogen-bond donors (Lipinski definition) is 3. The van der Waals surface area contributed by atoms with Gasteiger partial charge in [-0.3, -0.25) is 4.79 Å². The van der Waals surface area contributed by atoms with E-state index in [-0.39, 0.29) is 5.91 Å². The van der Waals surface area contributed by atoms with Crippen LogP contribution < -0.4 is 15.8 Å². The molecule has 0 bridgehead atoms. The molecule has 0 atom stereocenters. The van der Waals surface area contributed by atoms with Gasteiger partial charge in [-0.05, 0) is 53.1 Å². The average molecular weight is 359 g/mol. The van der Waals surface area contributed by atoms with Gasteiger partial charge in [0.1, 0.15) is 5.75 Å². The van der Waals surface area contributed by atoms with Crippen molar-refractivity contribution in [2.24, 2.45) is 0 Å². The minimum atomic E-state index is -0.151. The predicted molar refractivity (Wildman–Crippen MR) is 108 cm³/mol. The average Bonchev–Trinajstić information content (AvgIpc) is 2.72. The Balaban J connectivity index is 1.76. The second-order valence-corrected chi connectivity index (χ2v) is 6.10. The highest BCUT2D eigenvalue weighted by Gasteiger charge is 2.08. The second kappa shape index (κ2) is 8.19. The van der Waals surface area contributed by atoms with E-state index < -0.39 is 0 Å². The lowest BCUT2D eigenvalue weighted by Crippen LogP contribution is -2.22. The van der Waals surface area contributed by atoms with Gasteiger partial charge in [-0.25, -0.2) is 0 Å². The van der Waals surface area contributed by atoms with Gasteiger partial charge in [0.2, 0.25) is 0 Å². The van der Waals surface area contributed by atoms with Crippen LogP contribution in [0.2, 0.25) is 0 Å². The fraction of sp³-hybridized carbons (Fsp3) is 0.0909. The van der Waals surface area contributed by atoms with Gasteiger partial charge in [-0.15, -0.1) is 0 Å². The first-order chi connectivity index (χ1) is 13.1. The Kier molecular flexibility index (Phi) is 5.52. The van der Waals surface area contributed by atoms with Crippen molar-refractivity contribution in [3.8, 4) is 16.9 Å². The molecule has 4 N–H and O–H groups in total. The molecule has 136 valence electrons. The molecule has 5 nitrogen and oxygen atoms in total. The van der Waals surface area contributed by atoms with Crippen LogP contribution in [0, 0.1) is 5.41 Å². The van der Waals surface area contributed by atoms with Crippen LogP contribution in [0.4, 0.5) is 5.69 Å². The van der Waals surface area contributed by atoms with Crippen molar-refractivity contribution in [3.63, 3.8) is 0 Å². The molecular formula is C22H21N3O2. The normalized spacial score (nSPS) is 10.3. The molecular weight excluding hydrogens is 338 g/mol. The number of rotatable bonds is 6. The number of nitrogen functional groups attached to an aromatic ring is 1. The molecule has 0 saturated heterocycles. The van der Waals surface area contributed by atoms with Crippen LogP contribution in [0.5, 0.6) is 5.75 Å². The van der Waals surface area contributed by atoms with E-state index in [1.54, 1.807) is 19.2 Å². The summed E-state index contributed by atoms with van der Waals surface area (Å²) in [5, 5.41) is 10.4. The van der Waals surface area contributed by atoms with Gasteiger partial charge >= 0.3 is 0 Å². The molecule has 0 unspecified atom stereocenters. The molecule has 0 saturated carbocycles. The summed E-state index contributed by atoms with van der Waals surface area (Å²) in [5.41, 5.74) is 10.4. The Labute approximate surface area is 158 Å². The first kappa shape index (κ1) is 18.2. The predicted octanol–water partition coefficient (Wildman–Crippen LogP) is 3.87. The molecule has 3 rings (SSSR count). The van der Waals surface area contributed by atoms with Crippen LogP contribution in [-0.2, 0) is 6.54 Å². The number of carbonyl (C=O) groups is 1. The molecule has 0 aliphatic heterocycles. The molecule has 1 amide bonds. The zero-order valence-corrected chi connectivity index (χ0v) is 15.0. The van der Waals surface area contributed by atoms with Gasteiger partial charge in [0.05, 0.1) is 7.11 Å². The van der Waals surface area contributed by atoms with Crippen LogP contribution in [-0.4, -0.2) is 19.2 Å². The molecule has 0 aliphatic rings. The first-order valence-electron chi connectivity index (χ1n) is 8.52. The van der Waals surface area contributed by atoms with Crippen molar-refractivity contribution in [3.05, 3.63) is 83.4 Å². The van der Waals surface area contributed by atoms with Crippen LogP contribution in [0.15, 0.2) is 66.7 Å². The number of hydrogen-bond acceptors (Lipinski definition) is 4. The van der Waals surface area contributed by atoms with Gasteiger partial charge in [0, 0.05) is 29.6 Å². The van der Waals surface area contributed by atoms with Crippen molar-refractivity contribution in [2.45, 2.75) is 6.54 Å². The van der Waals surface area contributed by atoms with Gasteiger partial charge in [-0.1, -0.05) is 30.3 Å². The fourth-order valence-corrected chi connectivity index (χ4v) is 2.79. The van der Waals surface area contributed by atoms with Crippen LogP contribution in [0.3, 0.4) is 0 Å². The quantitative estimate of drug-likeness (QED) is 0.461. The number of ether oxygens (including phenoxy) is 1. The smallest absolute Gasteiger partial charge is 0.251 e. The highest BCUT2D eigenvalue weighted by atomic mass is 16.5. The molecule has 0 radical (unpaired) electrons. The molecule has 3 aromatic rings. The molecule has 0 heterocycles. The van der Waals surface area contributed by atoms with Crippen LogP contribution in [0.1, 0.15) is 21.5 Å². The summed E-state index contributed by atoms with van der Waals surface area (Å²) >= 11 is 0. The Hall–Kier alpha value is -3.60. The molecule has 0 spiro atoms. The number of benzene rings is 3. The van der Waals surface area contributed by atoms with Crippen molar-refractivity contribution in [2.75, 3.05) is 12.8 Å². The van der Waals surface area contributed by atoms with E-state index in [1.807, 2.05) is 54.6 Å². The molecule has 0 aliphatic carbocycles. The maximum Gasteiger partial charge on any atom is 0.251 e. The van der Waals surface area contributed by atoms with E-state index in [9.17, 15) is 4.79 Å². The van der Waals surface area contributed by atoms with Crippen LogP contribution in [0.25, 0.3) is 11.1 Å². The molecule has 0 aromatic heterocycles. The zero-order valence-electron chi connectivity index (χ0n) is 15.0. The maximum atomic E-state index is 12.5. The third kappa shape index (κ3) is 4.33. The number of nitrogens with one attached hydrogen (secondary N) is 2. The third-order valence-corrected chi connectivity index (χ3v) is 4.29. The zero-order chi connectivity index (χ0) is 19.2. The van der Waals surface area contributed by atoms with Crippen molar-refractivity contribution in [1.29, 1.82) is 5.41 Å². The van der Waals surface area contributed by atoms with Gasteiger partial charge in [-0.2, -0.15) is 0 Å². The summed E-state index contributed by atoms with van der Waals surface area (Å²) in [5.74, 6) is 0.608. The lowest BCUT2D eigenvalue weighted by molar-refractivity contribution is 0.0951.